The van der Waals surface area contributed by atoms with Crippen molar-refractivity contribution < 1.29 is 9.53 Å². The first-order valence-corrected chi connectivity index (χ1v) is 10.1. The van der Waals surface area contributed by atoms with Gasteiger partial charge in [0, 0.05) is 37.4 Å². The molecule has 7 nitrogen and oxygen atoms in total. The van der Waals surface area contributed by atoms with Crippen molar-refractivity contribution in [1.29, 1.82) is 0 Å². The van der Waals surface area contributed by atoms with Crippen LogP contribution in [0.2, 0.25) is 0 Å². The van der Waals surface area contributed by atoms with Gasteiger partial charge in [-0.25, -0.2) is 9.97 Å². The summed E-state index contributed by atoms with van der Waals surface area (Å²) in [6.07, 6.45) is 3.38. The molecule has 0 aliphatic carbocycles. The molecule has 2 aromatic heterocycles. The summed E-state index contributed by atoms with van der Waals surface area (Å²) in [5.74, 6) is -0.134. The van der Waals surface area contributed by atoms with Gasteiger partial charge in [-0.2, -0.15) is 0 Å². The van der Waals surface area contributed by atoms with E-state index in [4.69, 9.17) is 9.72 Å². The fourth-order valence-electron chi connectivity index (χ4n) is 3.10. The molecule has 1 saturated heterocycles. The number of thiazole rings is 1. The Morgan fingerprint density at radius 3 is 2.68 bits per heavy atom. The van der Waals surface area contributed by atoms with Crippen molar-refractivity contribution in [3.05, 3.63) is 59.1 Å². The number of carbonyl (C=O) groups is 1. The zero-order valence-corrected chi connectivity index (χ0v) is 16.9. The third kappa shape index (κ3) is 4.07. The second-order valence-corrected chi connectivity index (χ2v) is 7.71. The number of hydrogen-bond acceptors (Lipinski definition) is 6. The summed E-state index contributed by atoms with van der Waals surface area (Å²) in [5, 5.41) is 3.00. The maximum Gasteiger partial charge on any atom is 0.278 e. The number of aromatic nitrogens is 3. The van der Waals surface area contributed by atoms with E-state index in [1.54, 1.807) is 33.3 Å². The molecule has 0 saturated carbocycles. The lowest BCUT2D eigenvalue weighted by atomic mass is 10.2. The van der Waals surface area contributed by atoms with Gasteiger partial charge in [0.1, 0.15) is 5.69 Å². The number of benzene rings is 1. The standard InChI is InChI=1S/C20H23N5O2S/c1-15-3-5-17(6-4-15)25(19(26)18-12-23(2)14-21-18)11-16-13-28-20(22-16)24-7-9-27-10-8-24/h3-6,12-14H,7-11H2,1-2H3. The van der Waals surface area contributed by atoms with Gasteiger partial charge in [0.25, 0.3) is 5.91 Å². The van der Waals surface area contributed by atoms with Crippen LogP contribution >= 0.6 is 11.3 Å². The minimum atomic E-state index is -0.134. The number of ether oxygens (including phenoxy) is 1. The van der Waals surface area contributed by atoms with Crippen molar-refractivity contribution in [2.24, 2.45) is 7.05 Å². The summed E-state index contributed by atoms with van der Waals surface area (Å²) >= 11 is 1.61. The molecular formula is C20H23N5O2S. The van der Waals surface area contributed by atoms with Crippen molar-refractivity contribution in [2.45, 2.75) is 13.5 Å². The Bertz CT molecular complexity index is 944. The lowest BCUT2D eigenvalue weighted by Gasteiger charge is -2.26. The van der Waals surface area contributed by atoms with Crippen LogP contribution in [-0.4, -0.2) is 46.7 Å². The quantitative estimate of drug-likeness (QED) is 0.662. The van der Waals surface area contributed by atoms with Crippen LogP contribution in [0.3, 0.4) is 0 Å². The highest BCUT2D eigenvalue weighted by molar-refractivity contribution is 7.13. The van der Waals surface area contributed by atoms with Gasteiger partial charge in [0.2, 0.25) is 0 Å². The van der Waals surface area contributed by atoms with E-state index >= 15 is 0 Å². The fourth-order valence-corrected chi connectivity index (χ4v) is 3.97. The molecule has 1 aliphatic heterocycles. The third-order valence-corrected chi connectivity index (χ3v) is 5.61. The van der Waals surface area contributed by atoms with Crippen molar-refractivity contribution >= 4 is 28.1 Å². The lowest BCUT2D eigenvalue weighted by Crippen LogP contribution is -2.36. The number of morpholine rings is 1. The summed E-state index contributed by atoms with van der Waals surface area (Å²) in [6.45, 7) is 5.58. The fraction of sp³-hybridized carbons (Fsp3) is 0.350. The van der Waals surface area contributed by atoms with E-state index in [0.29, 0.717) is 12.2 Å². The Morgan fingerprint density at radius 1 is 1.25 bits per heavy atom. The average Bonchev–Trinajstić information content (AvgIpc) is 3.36. The van der Waals surface area contributed by atoms with Crippen LogP contribution in [0, 0.1) is 6.92 Å². The molecule has 1 aromatic carbocycles. The van der Waals surface area contributed by atoms with Crippen LogP contribution in [0.15, 0.2) is 42.2 Å². The Balaban J connectivity index is 1.59. The molecule has 0 spiro atoms. The number of aryl methyl sites for hydroxylation is 2. The van der Waals surface area contributed by atoms with E-state index in [2.05, 4.69) is 9.88 Å². The molecule has 0 radical (unpaired) electrons. The Hall–Kier alpha value is -2.71. The first kappa shape index (κ1) is 18.6. The van der Waals surface area contributed by atoms with E-state index < -0.39 is 0 Å². The van der Waals surface area contributed by atoms with Crippen LogP contribution < -0.4 is 9.80 Å². The molecule has 0 bridgehead atoms. The van der Waals surface area contributed by atoms with Gasteiger partial charge in [-0.3, -0.25) is 4.79 Å². The minimum Gasteiger partial charge on any atom is -0.378 e. The maximum atomic E-state index is 13.2. The predicted octanol–water partition coefficient (Wildman–Crippen LogP) is 2.87. The van der Waals surface area contributed by atoms with Crippen LogP contribution in [0.4, 0.5) is 10.8 Å². The van der Waals surface area contributed by atoms with E-state index in [0.717, 1.165) is 48.4 Å². The van der Waals surface area contributed by atoms with Crippen molar-refractivity contribution in [2.75, 3.05) is 36.1 Å². The number of rotatable bonds is 5. The SMILES string of the molecule is Cc1ccc(N(Cc2csc(N3CCOCC3)n2)C(=O)c2cn(C)cn2)cc1. The molecule has 3 heterocycles. The van der Waals surface area contributed by atoms with Crippen LogP contribution in [0.5, 0.6) is 0 Å². The average molecular weight is 398 g/mol. The first-order valence-electron chi connectivity index (χ1n) is 9.24. The maximum absolute atomic E-state index is 13.2. The van der Waals surface area contributed by atoms with Gasteiger partial charge in [-0.05, 0) is 19.1 Å². The lowest BCUT2D eigenvalue weighted by molar-refractivity contribution is 0.0980. The minimum absolute atomic E-state index is 0.134. The Morgan fingerprint density at radius 2 is 2.00 bits per heavy atom. The molecule has 1 fully saturated rings. The number of imidazole rings is 1. The third-order valence-electron chi connectivity index (χ3n) is 4.66. The normalized spacial score (nSPS) is 14.3. The van der Waals surface area contributed by atoms with E-state index in [1.165, 1.54) is 0 Å². The van der Waals surface area contributed by atoms with Crippen LogP contribution in [0.1, 0.15) is 21.7 Å². The Kier molecular flexibility index (Phi) is 5.40. The monoisotopic (exact) mass is 397 g/mol. The summed E-state index contributed by atoms with van der Waals surface area (Å²) in [6, 6.07) is 7.94. The smallest absolute Gasteiger partial charge is 0.278 e. The Labute approximate surface area is 168 Å². The highest BCUT2D eigenvalue weighted by Crippen LogP contribution is 2.25. The summed E-state index contributed by atoms with van der Waals surface area (Å²) in [7, 11) is 1.86. The van der Waals surface area contributed by atoms with Gasteiger partial charge in [-0.1, -0.05) is 17.7 Å². The number of nitrogens with zero attached hydrogens (tertiary/aromatic N) is 5. The molecule has 4 rings (SSSR count). The molecule has 28 heavy (non-hydrogen) atoms. The zero-order valence-electron chi connectivity index (χ0n) is 16.0. The second-order valence-electron chi connectivity index (χ2n) is 6.87. The molecule has 8 heteroatoms. The molecule has 3 aromatic rings. The van der Waals surface area contributed by atoms with E-state index in [1.807, 2.05) is 43.6 Å². The van der Waals surface area contributed by atoms with Crippen LogP contribution in [0.25, 0.3) is 0 Å². The van der Waals surface area contributed by atoms with E-state index in [9.17, 15) is 4.79 Å². The molecule has 1 aliphatic rings. The van der Waals surface area contributed by atoms with Gasteiger partial charge >= 0.3 is 0 Å². The number of hydrogen-bond donors (Lipinski definition) is 0. The zero-order chi connectivity index (χ0) is 19.5. The van der Waals surface area contributed by atoms with Crippen molar-refractivity contribution in [1.82, 2.24) is 14.5 Å². The topological polar surface area (TPSA) is 63.5 Å². The summed E-state index contributed by atoms with van der Waals surface area (Å²) in [4.78, 5) is 26.1. The highest BCUT2D eigenvalue weighted by atomic mass is 32.1. The number of carbonyl (C=O) groups excluding carboxylic acids is 1. The molecule has 1 amide bonds. The molecule has 0 unspecified atom stereocenters. The predicted molar refractivity (Wildman–Crippen MR) is 110 cm³/mol. The molecule has 0 atom stereocenters. The van der Waals surface area contributed by atoms with Gasteiger partial charge in [0.15, 0.2) is 5.13 Å². The molecule has 0 N–H and O–H groups in total. The molecular weight excluding hydrogens is 374 g/mol. The largest absolute Gasteiger partial charge is 0.378 e. The first-order chi connectivity index (χ1) is 13.6. The van der Waals surface area contributed by atoms with E-state index in [-0.39, 0.29) is 5.91 Å². The van der Waals surface area contributed by atoms with Crippen molar-refractivity contribution in [3.8, 4) is 0 Å². The summed E-state index contributed by atoms with van der Waals surface area (Å²) in [5.41, 5.74) is 3.28. The number of amides is 1. The summed E-state index contributed by atoms with van der Waals surface area (Å²) < 4.78 is 7.19. The molecule has 146 valence electrons. The number of anilines is 2. The van der Waals surface area contributed by atoms with Gasteiger partial charge in [0.05, 0.1) is 31.8 Å². The van der Waals surface area contributed by atoms with Gasteiger partial charge < -0.3 is 19.1 Å². The van der Waals surface area contributed by atoms with Crippen molar-refractivity contribution in [3.63, 3.8) is 0 Å². The van der Waals surface area contributed by atoms with Crippen LogP contribution in [-0.2, 0) is 18.3 Å². The highest BCUT2D eigenvalue weighted by Gasteiger charge is 2.22. The second kappa shape index (κ2) is 8.12. The van der Waals surface area contributed by atoms with Gasteiger partial charge in [-0.15, -0.1) is 11.3 Å².